The van der Waals surface area contributed by atoms with Gasteiger partial charge in [-0.1, -0.05) is 0 Å². The van der Waals surface area contributed by atoms with E-state index in [1.165, 1.54) is 0 Å². The first kappa shape index (κ1) is 18.0. The molecule has 0 bridgehead atoms. The molecule has 0 saturated carbocycles. The van der Waals surface area contributed by atoms with Crippen LogP contribution in [0, 0.1) is 17.5 Å². The van der Waals surface area contributed by atoms with Gasteiger partial charge >= 0.3 is 0 Å². The Labute approximate surface area is 98.2 Å². The molecule has 0 aromatic heterocycles. The summed E-state index contributed by atoms with van der Waals surface area (Å²) in [7, 11) is 0. The highest BCUT2D eigenvalue weighted by Gasteiger charge is 2.24. The van der Waals surface area contributed by atoms with Crippen molar-refractivity contribution in [3.8, 4) is 0 Å². The second kappa shape index (κ2) is 5.84. The number of carbonyl (C=O) groups is 2. The Bertz CT molecular complexity index is 462. The topological polar surface area (TPSA) is 179 Å². The van der Waals surface area contributed by atoms with Crippen LogP contribution in [0.5, 0.6) is 0 Å². The Morgan fingerprint density at radius 2 is 1.17 bits per heavy atom. The van der Waals surface area contributed by atoms with Crippen molar-refractivity contribution in [2.75, 3.05) is 5.73 Å². The van der Waals surface area contributed by atoms with E-state index in [-0.39, 0.29) is 12.3 Å². The fourth-order valence-electron chi connectivity index (χ4n) is 1.06. The summed E-state index contributed by atoms with van der Waals surface area (Å²) >= 11 is 0. The van der Waals surface area contributed by atoms with Gasteiger partial charge in [0.25, 0.3) is 0 Å². The van der Waals surface area contributed by atoms with Crippen LogP contribution in [0.25, 0.3) is 0 Å². The molecule has 1 aromatic carbocycles. The number of benzene rings is 1. The summed E-state index contributed by atoms with van der Waals surface area (Å²) in [5, 5.41) is 20.7. The third-order valence-corrected chi connectivity index (χ3v) is 1.76. The normalized spacial score (nSPS) is 9.06. The van der Waals surface area contributed by atoms with E-state index in [9.17, 15) is 33.0 Å². The summed E-state index contributed by atoms with van der Waals surface area (Å²) in [5.74, 6) is -10.8. The molecule has 0 spiro atoms. The van der Waals surface area contributed by atoms with Crippen molar-refractivity contribution in [1.29, 1.82) is 0 Å². The molecule has 7 nitrogen and oxygen atoms in total. The highest BCUT2D eigenvalue weighted by Crippen LogP contribution is 2.26. The minimum atomic E-state index is -2.39. The molecule has 18 heavy (non-hydrogen) atoms. The molecule has 0 unspecified atom stereocenters. The van der Waals surface area contributed by atoms with Crippen molar-refractivity contribution < 1.29 is 33.0 Å². The van der Waals surface area contributed by atoms with E-state index in [2.05, 4.69) is 0 Å². The molecular formula is C8H10F3N3O4. The van der Waals surface area contributed by atoms with E-state index in [1.807, 2.05) is 0 Å². The quantitative estimate of drug-likeness (QED) is 0.467. The highest BCUT2D eigenvalue weighted by molar-refractivity contribution is 6.01. The Balaban J connectivity index is 0. The number of nitrogens with two attached hydrogens (primary N) is 1. The van der Waals surface area contributed by atoms with Crippen molar-refractivity contribution in [1.82, 2.24) is 12.3 Å². The van der Waals surface area contributed by atoms with E-state index in [1.54, 1.807) is 0 Å². The lowest BCUT2D eigenvalue weighted by atomic mass is 10.0. The van der Waals surface area contributed by atoms with Gasteiger partial charge in [-0.2, -0.15) is 0 Å². The number of halogens is 3. The van der Waals surface area contributed by atoms with Gasteiger partial charge in [0.1, 0.15) is 5.69 Å². The minimum Gasteiger partial charge on any atom is -0.545 e. The number of rotatable bonds is 2. The van der Waals surface area contributed by atoms with Gasteiger partial charge in [0.05, 0.1) is 11.9 Å². The van der Waals surface area contributed by atoms with E-state index in [0.717, 1.165) is 0 Å². The summed E-state index contributed by atoms with van der Waals surface area (Å²) in [6.45, 7) is 0. The molecule has 0 radical (unpaired) electrons. The number of hydrogen-bond donors (Lipinski definition) is 3. The van der Waals surface area contributed by atoms with Crippen LogP contribution < -0.4 is 28.2 Å². The van der Waals surface area contributed by atoms with Crippen molar-refractivity contribution >= 4 is 17.6 Å². The summed E-state index contributed by atoms with van der Waals surface area (Å²) in [5.41, 5.74) is -0.205. The zero-order valence-electron chi connectivity index (χ0n) is 9.34. The highest BCUT2D eigenvalue weighted by atomic mass is 19.2. The van der Waals surface area contributed by atoms with Gasteiger partial charge in [-0.3, -0.25) is 0 Å². The maximum Gasteiger partial charge on any atom is 0.185 e. The molecule has 0 fully saturated rings. The molecule has 10 N–H and O–H groups in total. The van der Waals surface area contributed by atoms with Crippen LogP contribution in [0.4, 0.5) is 18.9 Å². The Morgan fingerprint density at radius 3 is 1.50 bits per heavy atom. The molecule has 10 heteroatoms. The number of aromatic carboxylic acids is 2. The van der Waals surface area contributed by atoms with Crippen molar-refractivity contribution in [2.45, 2.75) is 0 Å². The average Bonchev–Trinajstić information content (AvgIpc) is 2.18. The van der Waals surface area contributed by atoms with Gasteiger partial charge in [0.2, 0.25) is 0 Å². The molecule has 1 rings (SSSR count). The van der Waals surface area contributed by atoms with Crippen molar-refractivity contribution in [3.63, 3.8) is 0 Å². The van der Waals surface area contributed by atoms with Crippen molar-refractivity contribution in [3.05, 3.63) is 28.6 Å². The van der Waals surface area contributed by atoms with Crippen LogP contribution in [0.1, 0.15) is 20.7 Å². The van der Waals surface area contributed by atoms with Crippen LogP contribution in [-0.2, 0) is 0 Å². The molecule has 0 aliphatic heterocycles. The SMILES string of the molecule is Nc1c(F)c(F)c(C(=O)[O-])c(C(=O)[O-])c1F.[NH4+].[NH4+]. The first-order valence-electron chi connectivity index (χ1n) is 3.67. The lowest BCUT2D eigenvalue weighted by molar-refractivity contribution is -0.260. The number of hydrogen-bond acceptors (Lipinski definition) is 5. The van der Waals surface area contributed by atoms with Gasteiger partial charge < -0.3 is 37.8 Å². The van der Waals surface area contributed by atoms with E-state index in [4.69, 9.17) is 5.73 Å². The van der Waals surface area contributed by atoms with Crippen LogP contribution >= 0.6 is 0 Å². The number of nitrogen functional groups attached to an aromatic ring is 1. The standard InChI is InChI=1S/C8H4F3NO4.2H3N/c9-3-1(7(13)14)2(8(15)16)4(10)6(12)5(3)11;;/h12H2,(H,13,14)(H,15,16);2*1H3. The van der Waals surface area contributed by atoms with Crippen LogP contribution in [-0.4, -0.2) is 11.9 Å². The van der Waals surface area contributed by atoms with E-state index in [0.29, 0.717) is 0 Å². The van der Waals surface area contributed by atoms with Gasteiger partial charge in [0, 0.05) is 11.1 Å². The molecule has 0 aliphatic carbocycles. The third-order valence-electron chi connectivity index (χ3n) is 1.76. The fraction of sp³-hybridized carbons (Fsp3) is 0. The zero-order chi connectivity index (χ0) is 12.6. The average molecular weight is 269 g/mol. The molecule has 0 heterocycles. The van der Waals surface area contributed by atoms with Crippen LogP contribution in [0.2, 0.25) is 0 Å². The first-order valence-corrected chi connectivity index (χ1v) is 3.67. The fourth-order valence-corrected chi connectivity index (χ4v) is 1.06. The number of anilines is 1. The third kappa shape index (κ3) is 2.49. The number of carboxylic acids is 2. The van der Waals surface area contributed by atoms with Crippen LogP contribution in [0.3, 0.4) is 0 Å². The van der Waals surface area contributed by atoms with Gasteiger partial charge in [-0.05, 0) is 0 Å². The maximum absolute atomic E-state index is 13.1. The molecule has 102 valence electrons. The molecule has 0 saturated heterocycles. The van der Waals surface area contributed by atoms with Gasteiger partial charge in [-0.25, -0.2) is 13.2 Å². The second-order valence-electron chi connectivity index (χ2n) is 2.68. The number of carboxylic acid groups (broad SMARTS) is 2. The zero-order valence-corrected chi connectivity index (χ0v) is 9.34. The number of quaternary nitrogens is 2. The lowest BCUT2D eigenvalue weighted by Gasteiger charge is -2.15. The predicted molar refractivity (Wildman–Crippen MR) is 51.4 cm³/mol. The molecule has 0 amide bonds. The monoisotopic (exact) mass is 269 g/mol. The van der Waals surface area contributed by atoms with E-state index >= 15 is 0 Å². The van der Waals surface area contributed by atoms with Gasteiger partial charge in [-0.15, -0.1) is 0 Å². The largest absolute Gasteiger partial charge is 0.545 e. The Morgan fingerprint density at radius 1 is 0.833 bits per heavy atom. The lowest BCUT2D eigenvalue weighted by Crippen LogP contribution is -2.33. The predicted octanol–water partition coefficient (Wildman–Crippen LogP) is -0.835. The number of carbonyl (C=O) groups excluding carboxylic acids is 2. The summed E-state index contributed by atoms with van der Waals surface area (Å²) in [6.07, 6.45) is 0. The molecular weight excluding hydrogens is 259 g/mol. The van der Waals surface area contributed by atoms with Crippen molar-refractivity contribution in [2.24, 2.45) is 0 Å². The van der Waals surface area contributed by atoms with E-state index < -0.39 is 46.2 Å². The molecule has 1 aromatic rings. The first-order chi connectivity index (χ1) is 7.29. The Hall–Kier alpha value is -2.33. The summed E-state index contributed by atoms with van der Waals surface area (Å²) in [6, 6.07) is 0. The summed E-state index contributed by atoms with van der Waals surface area (Å²) < 4.78 is 38.9. The summed E-state index contributed by atoms with van der Waals surface area (Å²) in [4.78, 5) is 20.7. The second-order valence-corrected chi connectivity index (χ2v) is 2.68. The molecule has 0 atom stereocenters. The molecule has 0 aliphatic rings. The van der Waals surface area contributed by atoms with Crippen LogP contribution in [0.15, 0.2) is 0 Å². The smallest absolute Gasteiger partial charge is 0.185 e. The maximum atomic E-state index is 13.1. The Kier molecular flexibility index (Phi) is 5.85. The minimum absolute atomic E-state index is 0. The van der Waals surface area contributed by atoms with Gasteiger partial charge in [0.15, 0.2) is 17.5 Å².